The molecule has 2 heterocycles. The number of nitrogens with one attached hydrogen (secondary N) is 3. The molecule has 1 aliphatic heterocycles. The van der Waals surface area contributed by atoms with Gasteiger partial charge >= 0.3 is 6.03 Å². The van der Waals surface area contributed by atoms with E-state index in [1.807, 2.05) is 80.6 Å². The maximum absolute atomic E-state index is 14.1. The number of benzene rings is 3. The number of piperazine rings is 1. The van der Waals surface area contributed by atoms with Crippen LogP contribution < -0.4 is 15.5 Å². The molecule has 3 N–H and O–H groups in total. The van der Waals surface area contributed by atoms with Crippen LogP contribution in [0.1, 0.15) is 29.5 Å². The molecule has 9 nitrogen and oxygen atoms in total. The summed E-state index contributed by atoms with van der Waals surface area (Å²) in [6, 6.07) is 20.6. The number of hydrogen-bond acceptors (Lipinski definition) is 5. The highest BCUT2D eigenvalue weighted by molar-refractivity contribution is 7.84. The van der Waals surface area contributed by atoms with Gasteiger partial charge < -0.3 is 30.3 Å². The Balaban J connectivity index is 1.39. The number of amides is 3. The van der Waals surface area contributed by atoms with Crippen molar-refractivity contribution in [1.29, 1.82) is 0 Å². The van der Waals surface area contributed by atoms with E-state index in [-0.39, 0.29) is 17.9 Å². The highest BCUT2D eigenvalue weighted by Crippen LogP contribution is 2.30. The monoisotopic (exact) mass is 614 g/mol. The maximum atomic E-state index is 14.1. The van der Waals surface area contributed by atoms with Gasteiger partial charge in [-0.05, 0) is 62.0 Å². The Labute approximate surface area is 262 Å². The zero-order chi connectivity index (χ0) is 31.4. The fourth-order valence-corrected chi connectivity index (χ4v) is 6.64. The lowest BCUT2D eigenvalue weighted by Gasteiger charge is -2.37. The molecule has 1 saturated heterocycles. The van der Waals surface area contributed by atoms with Crippen LogP contribution in [0, 0.1) is 6.92 Å². The number of nitrogens with zero attached hydrogens (tertiary/aromatic N) is 3. The van der Waals surface area contributed by atoms with Gasteiger partial charge in [0.2, 0.25) is 5.91 Å². The van der Waals surface area contributed by atoms with Crippen molar-refractivity contribution in [1.82, 2.24) is 20.1 Å². The summed E-state index contributed by atoms with van der Waals surface area (Å²) in [4.78, 5) is 37.8. The van der Waals surface area contributed by atoms with Crippen LogP contribution in [-0.4, -0.2) is 83.5 Å². The smallest absolute Gasteiger partial charge is 0.318 e. The Bertz CT molecular complexity index is 1660. The van der Waals surface area contributed by atoms with Gasteiger partial charge in [0.25, 0.3) is 0 Å². The van der Waals surface area contributed by atoms with Crippen molar-refractivity contribution in [2.24, 2.45) is 0 Å². The first-order valence-corrected chi connectivity index (χ1v) is 16.5. The van der Waals surface area contributed by atoms with E-state index in [0.29, 0.717) is 43.3 Å². The minimum atomic E-state index is -1.32. The highest BCUT2D eigenvalue weighted by atomic mass is 32.2. The molecule has 3 amide bonds. The largest absolute Gasteiger partial charge is 0.368 e. The lowest BCUT2D eigenvalue weighted by atomic mass is 9.92. The third-order valence-corrected chi connectivity index (χ3v) is 9.28. The maximum Gasteiger partial charge on any atom is 0.318 e. The van der Waals surface area contributed by atoms with E-state index < -0.39 is 16.8 Å². The topological polar surface area (TPSA) is 101 Å². The van der Waals surface area contributed by atoms with Gasteiger partial charge in [-0.25, -0.2) is 4.79 Å². The van der Waals surface area contributed by atoms with Crippen LogP contribution in [0.25, 0.3) is 10.9 Å². The van der Waals surface area contributed by atoms with Crippen molar-refractivity contribution in [2.45, 2.75) is 37.2 Å². The average molecular weight is 615 g/mol. The molecule has 232 valence electrons. The van der Waals surface area contributed by atoms with Gasteiger partial charge in [-0.2, -0.15) is 0 Å². The van der Waals surface area contributed by atoms with E-state index in [0.717, 1.165) is 22.0 Å². The number of para-hydroxylation sites is 2. The van der Waals surface area contributed by atoms with Crippen LogP contribution in [0.2, 0.25) is 0 Å². The summed E-state index contributed by atoms with van der Waals surface area (Å²) in [5.41, 5.74) is 5.76. The third kappa shape index (κ3) is 6.97. The Hall–Kier alpha value is -4.15. The molecule has 0 bridgehead atoms. The summed E-state index contributed by atoms with van der Waals surface area (Å²) in [5.74, 6) is -0.715. The summed E-state index contributed by atoms with van der Waals surface area (Å²) >= 11 is 0. The van der Waals surface area contributed by atoms with Crippen LogP contribution in [0.15, 0.2) is 77.8 Å². The molecular formula is C34H42N6O3S. The van der Waals surface area contributed by atoms with Crippen LogP contribution in [0.4, 0.5) is 16.2 Å². The minimum Gasteiger partial charge on any atom is -0.368 e. The molecule has 4 aromatic rings. The van der Waals surface area contributed by atoms with Crippen LogP contribution in [0.5, 0.6) is 0 Å². The molecule has 3 aromatic carbocycles. The van der Waals surface area contributed by atoms with Gasteiger partial charge in [-0.15, -0.1) is 0 Å². The molecule has 0 radical (unpaired) electrons. The summed E-state index contributed by atoms with van der Waals surface area (Å²) in [6.45, 7) is 7.22. The van der Waals surface area contributed by atoms with Crippen LogP contribution >= 0.6 is 0 Å². The van der Waals surface area contributed by atoms with Gasteiger partial charge in [-0.3, -0.25) is 9.00 Å². The lowest BCUT2D eigenvalue weighted by Crippen LogP contribution is -2.56. The van der Waals surface area contributed by atoms with Crippen molar-refractivity contribution in [3.63, 3.8) is 0 Å². The number of urea groups is 1. The quantitative estimate of drug-likeness (QED) is 0.249. The zero-order valence-corrected chi connectivity index (χ0v) is 26.9. The Morgan fingerprint density at radius 1 is 1.00 bits per heavy atom. The van der Waals surface area contributed by atoms with Crippen molar-refractivity contribution in [2.75, 3.05) is 56.7 Å². The molecule has 1 aromatic heterocycles. The number of aryl methyl sites for hydroxylation is 1. The summed E-state index contributed by atoms with van der Waals surface area (Å²) in [6.07, 6.45) is 3.51. The van der Waals surface area contributed by atoms with E-state index in [9.17, 15) is 13.8 Å². The number of aromatic nitrogens is 1. The summed E-state index contributed by atoms with van der Waals surface area (Å²) < 4.78 is 12.6. The number of hydrogen-bond donors (Lipinski definition) is 3. The standard InChI is InChI=1S/C34H42N6O3S/c1-23-10-6-9-13-30(23)39-16-18-40(19-17-39)34(42)37-32(24(2)27-21-35-28-12-8-7-11-26(27)28)33(41)36-29-20-25(22-38(3)4)14-15-31(29)44(5)43/h6-15,20-21,24,32,35H,16-19,22H2,1-5H3,(H,36,41)(H,37,42)/t24-,32-,44?/m1/s1. The van der Waals surface area contributed by atoms with E-state index >= 15 is 0 Å². The highest BCUT2D eigenvalue weighted by Gasteiger charge is 2.33. The number of H-pyrrole nitrogens is 1. The second-order valence-corrected chi connectivity index (χ2v) is 13.1. The average Bonchev–Trinajstić information content (AvgIpc) is 3.44. The number of aromatic amines is 1. The van der Waals surface area contributed by atoms with Crippen molar-refractivity contribution < 1.29 is 13.8 Å². The van der Waals surface area contributed by atoms with Crippen molar-refractivity contribution in [3.05, 3.63) is 89.6 Å². The number of fused-ring (bicyclic) bond motifs is 1. The first-order chi connectivity index (χ1) is 21.1. The predicted molar refractivity (Wildman–Crippen MR) is 179 cm³/mol. The third-order valence-electron chi connectivity index (χ3n) is 8.31. The Kier molecular flexibility index (Phi) is 9.71. The minimum absolute atomic E-state index is 0.276. The fourth-order valence-electron chi connectivity index (χ4n) is 5.96. The molecular weight excluding hydrogens is 572 g/mol. The number of carbonyl (C=O) groups is 2. The van der Waals surface area contributed by atoms with E-state index in [1.165, 1.54) is 11.3 Å². The van der Waals surface area contributed by atoms with Crippen molar-refractivity contribution >= 4 is 45.0 Å². The van der Waals surface area contributed by atoms with Crippen molar-refractivity contribution in [3.8, 4) is 0 Å². The normalized spacial score (nSPS) is 15.7. The zero-order valence-electron chi connectivity index (χ0n) is 26.1. The molecule has 0 spiro atoms. The van der Waals surface area contributed by atoms with Gasteiger partial charge in [0.1, 0.15) is 6.04 Å². The van der Waals surface area contributed by atoms with Gasteiger partial charge in [0, 0.05) is 67.7 Å². The van der Waals surface area contributed by atoms with Crippen LogP contribution in [-0.2, 0) is 22.1 Å². The molecule has 1 unspecified atom stereocenters. The van der Waals surface area contributed by atoms with Gasteiger partial charge in [-0.1, -0.05) is 49.4 Å². The molecule has 44 heavy (non-hydrogen) atoms. The first kappa shape index (κ1) is 31.3. The fraction of sp³-hybridized carbons (Fsp3) is 0.353. The molecule has 10 heteroatoms. The molecule has 1 aliphatic rings. The molecule has 3 atom stereocenters. The molecule has 0 saturated carbocycles. The van der Waals surface area contributed by atoms with Crippen LogP contribution in [0.3, 0.4) is 0 Å². The van der Waals surface area contributed by atoms with E-state index in [2.05, 4.69) is 39.6 Å². The lowest BCUT2D eigenvalue weighted by molar-refractivity contribution is -0.118. The second-order valence-electron chi connectivity index (χ2n) is 11.8. The van der Waals surface area contributed by atoms with Gasteiger partial charge in [0.15, 0.2) is 0 Å². The second kappa shape index (κ2) is 13.7. The Morgan fingerprint density at radius 2 is 1.70 bits per heavy atom. The number of carbonyl (C=O) groups excluding carboxylic acids is 2. The van der Waals surface area contributed by atoms with E-state index in [1.54, 1.807) is 17.2 Å². The number of anilines is 2. The molecule has 0 aliphatic carbocycles. The summed E-state index contributed by atoms with van der Waals surface area (Å²) in [5, 5.41) is 7.12. The molecule has 1 fully saturated rings. The summed E-state index contributed by atoms with van der Waals surface area (Å²) in [7, 11) is 2.62. The molecule has 5 rings (SSSR count). The Morgan fingerprint density at radius 3 is 2.41 bits per heavy atom. The SMILES string of the molecule is Cc1ccccc1N1CCN(C(=O)N[C@@H](C(=O)Nc2cc(CN(C)C)ccc2S(C)=O)[C@H](C)c2c[nH]c3ccccc23)CC1. The van der Waals surface area contributed by atoms with E-state index in [4.69, 9.17) is 0 Å². The number of rotatable bonds is 9. The predicted octanol–water partition coefficient (Wildman–Crippen LogP) is 4.92. The van der Waals surface area contributed by atoms with Gasteiger partial charge in [0.05, 0.1) is 21.4 Å². The first-order valence-electron chi connectivity index (χ1n) is 15.0.